The van der Waals surface area contributed by atoms with Crippen molar-refractivity contribution in [1.82, 2.24) is 5.32 Å². The molecule has 3 N–H and O–H groups in total. The zero-order chi connectivity index (χ0) is 43.6. The second-order valence-electron chi connectivity index (χ2n) is 17.8. The van der Waals surface area contributed by atoms with Gasteiger partial charge in [0.15, 0.2) is 0 Å². The van der Waals surface area contributed by atoms with E-state index in [0.717, 1.165) is 64.2 Å². The van der Waals surface area contributed by atoms with E-state index in [9.17, 15) is 19.4 Å². The zero-order valence-electron chi connectivity index (χ0n) is 39.2. The molecule has 0 aliphatic carbocycles. The number of unbranched alkanes of at least 4 members (excludes halogenated alkanes) is 25. The number of hydrogen-bond acceptors (Lipinski definition) is 5. The van der Waals surface area contributed by atoms with Crippen molar-refractivity contribution in [1.29, 1.82) is 0 Å². The number of phosphoric acid groups is 1. The maximum absolute atomic E-state index is 12.9. The molecule has 0 saturated heterocycles. The zero-order valence-corrected chi connectivity index (χ0v) is 40.1. The first-order valence-corrected chi connectivity index (χ1v) is 26.0. The molecular weight excluding hydrogens is 756 g/mol. The van der Waals surface area contributed by atoms with E-state index in [1.54, 1.807) is 6.08 Å². The standard InChI is InChI=1S/C50H95N2O6P/c1-6-8-10-12-14-16-18-20-22-24-25-26-27-28-30-32-34-36-38-40-42-44-50(54)51-48(47-58-59(55,56)57-46-45-52(3,4)5)49(53)43-41-39-37-35-33-31-29-23-21-19-17-15-13-11-9-7-2/h18,20,24-25,27-28,41,43,48-49,53H,6-17,19,21-23,26,29-40,42,44-47H2,1-5H3,(H-,51,54,55,56)/p+1/b20-18-,25-24-,28-27-,43-41+. The van der Waals surface area contributed by atoms with Crippen LogP contribution in [0, 0.1) is 0 Å². The fourth-order valence-electron chi connectivity index (χ4n) is 6.87. The Balaban J connectivity index is 4.39. The molecule has 9 heteroatoms. The van der Waals surface area contributed by atoms with Crippen LogP contribution in [0.25, 0.3) is 0 Å². The quantitative estimate of drug-likeness (QED) is 0.0244. The fraction of sp³-hybridized carbons (Fsp3) is 0.820. The SMILES string of the molecule is CCCCCCC/C=C\C/C=C\C/C=C\CCCCCCCCC(=O)NC(COP(=O)(O)OCC[N+](C)(C)C)C(O)/C=C/CCCCCCCCCCCCCCCC. The topological polar surface area (TPSA) is 105 Å². The van der Waals surface area contributed by atoms with Gasteiger partial charge in [-0.3, -0.25) is 13.8 Å². The molecule has 0 aromatic rings. The van der Waals surface area contributed by atoms with Gasteiger partial charge in [-0.25, -0.2) is 4.57 Å². The molecule has 0 aromatic carbocycles. The lowest BCUT2D eigenvalue weighted by atomic mass is 10.0. The number of quaternary nitrogens is 1. The third-order valence-corrected chi connectivity index (χ3v) is 11.8. The average molecular weight is 852 g/mol. The van der Waals surface area contributed by atoms with Gasteiger partial charge in [-0.05, 0) is 57.8 Å². The first-order valence-electron chi connectivity index (χ1n) is 24.5. The van der Waals surface area contributed by atoms with Gasteiger partial charge in [0.05, 0.1) is 39.9 Å². The van der Waals surface area contributed by atoms with Crippen LogP contribution in [-0.2, 0) is 18.4 Å². The van der Waals surface area contributed by atoms with E-state index < -0.39 is 20.0 Å². The first kappa shape index (κ1) is 57.5. The molecule has 346 valence electrons. The Morgan fingerprint density at radius 3 is 1.41 bits per heavy atom. The number of likely N-dealkylation sites (N-methyl/N-ethyl adjacent to an activating group) is 1. The molecule has 0 fully saturated rings. The highest BCUT2D eigenvalue weighted by Crippen LogP contribution is 2.43. The lowest BCUT2D eigenvalue weighted by Crippen LogP contribution is -2.45. The third-order valence-electron chi connectivity index (χ3n) is 10.8. The maximum atomic E-state index is 12.9. The predicted molar refractivity (Wildman–Crippen MR) is 254 cm³/mol. The van der Waals surface area contributed by atoms with Crippen molar-refractivity contribution in [2.75, 3.05) is 40.9 Å². The summed E-state index contributed by atoms with van der Waals surface area (Å²) in [6.45, 7) is 4.79. The van der Waals surface area contributed by atoms with Crippen molar-refractivity contribution in [3.8, 4) is 0 Å². The third kappa shape index (κ3) is 44.3. The van der Waals surface area contributed by atoms with Crippen molar-refractivity contribution in [3.63, 3.8) is 0 Å². The highest BCUT2D eigenvalue weighted by atomic mass is 31.2. The summed E-state index contributed by atoms with van der Waals surface area (Å²) < 4.78 is 23.6. The second-order valence-corrected chi connectivity index (χ2v) is 19.3. The van der Waals surface area contributed by atoms with E-state index in [-0.39, 0.29) is 19.1 Å². The summed E-state index contributed by atoms with van der Waals surface area (Å²) in [4.78, 5) is 23.2. The largest absolute Gasteiger partial charge is 0.472 e. The van der Waals surface area contributed by atoms with E-state index in [0.29, 0.717) is 17.4 Å². The number of aliphatic hydroxyl groups is 1. The van der Waals surface area contributed by atoms with Crippen molar-refractivity contribution in [2.45, 2.75) is 225 Å². The minimum absolute atomic E-state index is 0.0574. The van der Waals surface area contributed by atoms with Crippen LogP contribution in [0.2, 0.25) is 0 Å². The van der Waals surface area contributed by atoms with Gasteiger partial charge in [-0.1, -0.05) is 197 Å². The number of hydrogen-bond donors (Lipinski definition) is 3. The molecule has 0 aliphatic heterocycles. The minimum atomic E-state index is -4.34. The molecule has 0 bridgehead atoms. The van der Waals surface area contributed by atoms with Gasteiger partial charge < -0.3 is 19.8 Å². The molecule has 3 atom stereocenters. The molecule has 0 aliphatic rings. The van der Waals surface area contributed by atoms with Crippen LogP contribution in [0.15, 0.2) is 48.6 Å². The highest BCUT2D eigenvalue weighted by molar-refractivity contribution is 7.47. The molecule has 59 heavy (non-hydrogen) atoms. The van der Waals surface area contributed by atoms with Crippen molar-refractivity contribution in [2.24, 2.45) is 0 Å². The predicted octanol–water partition coefficient (Wildman–Crippen LogP) is 14.0. The Morgan fingerprint density at radius 1 is 0.576 bits per heavy atom. The molecule has 0 heterocycles. The fourth-order valence-corrected chi connectivity index (χ4v) is 7.61. The Morgan fingerprint density at radius 2 is 0.966 bits per heavy atom. The molecule has 0 radical (unpaired) electrons. The van der Waals surface area contributed by atoms with Crippen molar-refractivity contribution < 1.29 is 32.9 Å². The summed E-state index contributed by atoms with van der Waals surface area (Å²) in [7, 11) is 1.56. The van der Waals surface area contributed by atoms with Gasteiger partial charge >= 0.3 is 7.82 Å². The van der Waals surface area contributed by atoms with Crippen LogP contribution in [0.1, 0.15) is 213 Å². The molecule has 0 aromatic heterocycles. The van der Waals surface area contributed by atoms with E-state index in [4.69, 9.17) is 9.05 Å². The van der Waals surface area contributed by atoms with Crippen LogP contribution >= 0.6 is 7.82 Å². The molecule has 1 amide bonds. The Hall–Kier alpha value is -1.54. The van der Waals surface area contributed by atoms with E-state index in [1.165, 1.54) is 128 Å². The number of aliphatic hydroxyl groups excluding tert-OH is 1. The van der Waals surface area contributed by atoms with E-state index >= 15 is 0 Å². The van der Waals surface area contributed by atoms with Crippen molar-refractivity contribution >= 4 is 13.7 Å². The van der Waals surface area contributed by atoms with Gasteiger partial charge in [0.25, 0.3) is 0 Å². The summed E-state index contributed by atoms with van der Waals surface area (Å²) in [5.74, 6) is -0.190. The molecule has 0 rings (SSSR count). The lowest BCUT2D eigenvalue weighted by Gasteiger charge is -2.25. The Labute approximate surface area is 365 Å². The van der Waals surface area contributed by atoms with Crippen LogP contribution in [0.3, 0.4) is 0 Å². The summed E-state index contributed by atoms with van der Waals surface area (Å²) in [6, 6.07) is -0.854. The molecule has 0 spiro atoms. The summed E-state index contributed by atoms with van der Waals surface area (Å²) >= 11 is 0. The number of phosphoric ester groups is 1. The molecule has 0 saturated carbocycles. The first-order chi connectivity index (χ1) is 28.5. The van der Waals surface area contributed by atoms with Crippen LogP contribution in [-0.4, -0.2) is 73.4 Å². The van der Waals surface area contributed by atoms with Crippen LogP contribution < -0.4 is 5.32 Å². The Kier molecular flexibility index (Phi) is 40.7. The van der Waals surface area contributed by atoms with Gasteiger partial charge in [0, 0.05) is 6.42 Å². The number of carbonyl (C=O) groups excluding carboxylic acids is 1. The Bertz CT molecular complexity index is 1100. The average Bonchev–Trinajstić information content (AvgIpc) is 3.19. The lowest BCUT2D eigenvalue weighted by molar-refractivity contribution is -0.870. The maximum Gasteiger partial charge on any atom is 0.472 e. The minimum Gasteiger partial charge on any atom is -0.387 e. The number of rotatable bonds is 44. The molecular formula is C50H96N2O6P+. The smallest absolute Gasteiger partial charge is 0.387 e. The van der Waals surface area contributed by atoms with Gasteiger partial charge in [0.2, 0.25) is 5.91 Å². The van der Waals surface area contributed by atoms with Gasteiger partial charge in [-0.15, -0.1) is 0 Å². The number of allylic oxidation sites excluding steroid dienone is 7. The summed E-state index contributed by atoms with van der Waals surface area (Å²) in [6.07, 6.45) is 53.2. The van der Waals surface area contributed by atoms with Gasteiger partial charge in [-0.2, -0.15) is 0 Å². The monoisotopic (exact) mass is 852 g/mol. The van der Waals surface area contributed by atoms with E-state index in [2.05, 4.69) is 55.6 Å². The van der Waals surface area contributed by atoms with Crippen molar-refractivity contribution in [3.05, 3.63) is 48.6 Å². The number of nitrogens with one attached hydrogen (secondary N) is 1. The number of carbonyl (C=O) groups is 1. The molecule has 3 unspecified atom stereocenters. The number of nitrogens with zero attached hydrogens (tertiary/aromatic N) is 1. The molecule has 8 nitrogen and oxygen atoms in total. The van der Waals surface area contributed by atoms with E-state index in [1.807, 2.05) is 27.2 Å². The second kappa shape index (κ2) is 41.8. The van der Waals surface area contributed by atoms with Gasteiger partial charge in [0.1, 0.15) is 13.2 Å². The normalized spacial score (nSPS) is 14.6. The summed E-state index contributed by atoms with van der Waals surface area (Å²) in [5, 5.41) is 13.9. The van der Waals surface area contributed by atoms with Crippen LogP contribution in [0.5, 0.6) is 0 Å². The summed E-state index contributed by atoms with van der Waals surface area (Å²) in [5.41, 5.74) is 0. The number of amides is 1. The van der Waals surface area contributed by atoms with Crippen LogP contribution in [0.4, 0.5) is 0 Å². The highest BCUT2D eigenvalue weighted by Gasteiger charge is 2.27.